The Hall–Kier alpha value is -2.10. The Morgan fingerprint density at radius 3 is 2.27 bits per heavy atom. The molecule has 0 fully saturated rings. The van der Waals surface area contributed by atoms with Crippen molar-refractivity contribution < 1.29 is 5.32 Å². The molecule has 3 rings (SSSR count). The number of nitrogens with zero attached hydrogens (tertiary/aromatic N) is 2. The van der Waals surface area contributed by atoms with E-state index in [1.165, 1.54) is 5.56 Å². The summed E-state index contributed by atoms with van der Waals surface area (Å²) in [5.74, 6) is 0. The SMILES string of the molecule is Cc1nn(-c2ccccc2)c(Cl)c1C[NH2+]Cc1ccccc1. The maximum atomic E-state index is 6.53. The van der Waals surface area contributed by atoms with Gasteiger partial charge in [0.25, 0.3) is 0 Å². The third-order valence-corrected chi connectivity index (χ3v) is 4.08. The number of hydrogen-bond donors (Lipinski definition) is 1. The van der Waals surface area contributed by atoms with Gasteiger partial charge in [-0.1, -0.05) is 60.1 Å². The van der Waals surface area contributed by atoms with E-state index < -0.39 is 0 Å². The molecule has 112 valence electrons. The molecule has 0 bridgehead atoms. The molecule has 0 atom stereocenters. The van der Waals surface area contributed by atoms with Crippen LogP contribution < -0.4 is 5.32 Å². The fourth-order valence-electron chi connectivity index (χ4n) is 2.50. The molecule has 0 spiro atoms. The van der Waals surface area contributed by atoms with Crippen molar-refractivity contribution in [2.24, 2.45) is 0 Å². The average molecular weight is 313 g/mol. The van der Waals surface area contributed by atoms with E-state index >= 15 is 0 Å². The molecule has 0 amide bonds. The second-order valence-electron chi connectivity index (χ2n) is 5.28. The largest absolute Gasteiger partial charge is 0.339 e. The van der Waals surface area contributed by atoms with Crippen molar-refractivity contribution in [1.82, 2.24) is 9.78 Å². The lowest BCUT2D eigenvalue weighted by Gasteiger charge is -2.04. The zero-order valence-corrected chi connectivity index (χ0v) is 13.3. The summed E-state index contributed by atoms with van der Waals surface area (Å²) in [4.78, 5) is 0. The first-order valence-corrected chi connectivity index (χ1v) is 7.78. The fraction of sp³-hybridized carbons (Fsp3) is 0.167. The highest BCUT2D eigenvalue weighted by molar-refractivity contribution is 6.30. The maximum absolute atomic E-state index is 6.53. The molecule has 0 saturated heterocycles. The molecule has 2 N–H and O–H groups in total. The Kier molecular flexibility index (Phi) is 4.56. The molecule has 1 aromatic heterocycles. The van der Waals surface area contributed by atoms with Crippen LogP contribution in [-0.2, 0) is 13.1 Å². The minimum atomic E-state index is 0.702. The van der Waals surface area contributed by atoms with Gasteiger partial charge in [0.2, 0.25) is 0 Å². The van der Waals surface area contributed by atoms with Crippen LogP contribution in [0.4, 0.5) is 0 Å². The summed E-state index contributed by atoms with van der Waals surface area (Å²) in [6.07, 6.45) is 0. The van der Waals surface area contributed by atoms with Crippen molar-refractivity contribution in [1.29, 1.82) is 0 Å². The van der Waals surface area contributed by atoms with Gasteiger partial charge in [-0.25, -0.2) is 4.68 Å². The molecule has 0 saturated carbocycles. The highest BCUT2D eigenvalue weighted by Gasteiger charge is 2.15. The number of nitrogens with two attached hydrogens (primary N) is 1. The summed E-state index contributed by atoms with van der Waals surface area (Å²) in [6, 6.07) is 20.4. The van der Waals surface area contributed by atoms with Crippen LogP contribution in [0.1, 0.15) is 16.8 Å². The molecule has 3 aromatic rings. The van der Waals surface area contributed by atoms with E-state index in [-0.39, 0.29) is 0 Å². The van der Waals surface area contributed by atoms with Gasteiger partial charge in [-0.15, -0.1) is 0 Å². The van der Waals surface area contributed by atoms with E-state index in [2.05, 4.69) is 34.7 Å². The summed E-state index contributed by atoms with van der Waals surface area (Å²) < 4.78 is 1.81. The Labute approximate surface area is 135 Å². The first-order chi connectivity index (χ1) is 10.8. The van der Waals surface area contributed by atoms with E-state index in [0.29, 0.717) is 5.15 Å². The van der Waals surface area contributed by atoms with Gasteiger partial charge in [0, 0.05) is 5.56 Å². The number of quaternary nitrogens is 1. The van der Waals surface area contributed by atoms with Crippen molar-refractivity contribution in [3.63, 3.8) is 0 Å². The molecular weight excluding hydrogens is 294 g/mol. The zero-order chi connectivity index (χ0) is 15.4. The van der Waals surface area contributed by atoms with Crippen LogP contribution in [0.2, 0.25) is 5.15 Å². The number of aryl methyl sites for hydroxylation is 1. The molecule has 0 aliphatic heterocycles. The number of benzene rings is 2. The lowest BCUT2D eigenvalue weighted by molar-refractivity contribution is -0.686. The summed E-state index contributed by atoms with van der Waals surface area (Å²) in [5.41, 5.74) is 4.39. The molecule has 3 nitrogen and oxygen atoms in total. The smallest absolute Gasteiger partial charge is 0.142 e. The second kappa shape index (κ2) is 6.77. The van der Waals surface area contributed by atoms with E-state index in [9.17, 15) is 0 Å². The first-order valence-electron chi connectivity index (χ1n) is 7.40. The summed E-state index contributed by atoms with van der Waals surface area (Å²) >= 11 is 6.53. The lowest BCUT2D eigenvalue weighted by Crippen LogP contribution is -2.80. The summed E-state index contributed by atoms with van der Waals surface area (Å²) in [5, 5.41) is 7.52. The monoisotopic (exact) mass is 312 g/mol. The minimum absolute atomic E-state index is 0.702. The third-order valence-electron chi connectivity index (χ3n) is 3.69. The summed E-state index contributed by atoms with van der Waals surface area (Å²) in [6.45, 7) is 3.77. The predicted octanol–water partition coefficient (Wildman–Crippen LogP) is 3.10. The van der Waals surface area contributed by atoms with Crippen LogP contribution >= 0.6 is 11.6 Å². The maximum Gasteiger partial charge on any atom is 0.142 e. The van der Waals surface area contributed by atoms with Crippen molar-refractivity contribution in [2.45, 2.75) is 20.0 Å². The van der Waals surface area contributed by atoms with Gasteiger partial charge in [-0.05, 0) is 19.1 Å². The van der Waals surface area contributed by atoms with Crippen molar-refractivity contribution >= 4 is 11.6 Å². The van der Waals surface area contributed by atoms with Gasteiger partial charge < -0.3 is 5.32 Å². The first kappa shape index (κ1) is 14.8. The van der Waals surface area contributed by atoms with Gasteiger partial charge in [0.1, 0.15) is 18.2 Å². The van der Waals surface area contributed by atoms with Crippen LogP contribution in [0, 0.1) is 6.92 Å². The van der Waals surface area contributed by atoms with Crippen LogP contribution in [-0.4, -0.2) is 9.78 Å². The van der Waals surface area contributed by atoms with Crippen LogP contribution in [0.25, 0.3) is 5.69 Å². The van der Waals surface area contributed by atoms with Crippen molar-refractivity contribution in [3.05, 3.63) is 82.6 Å². The molecule has 0 aliphatic rings. The molecule has 4 heteroatoms. The van der Waals surface area contributed by atoms with E-state index in [1.807, 2.05) is 48.0 Å². The van der Waals surface area contributed by atoms with Crippen LogP contribution in [0.3, 0.4) is 0 Å². The van der Waals surface area contributed by atoms with Gasteiger partial charge in [-0.3, -0.25) is 0 Å². The number of aromatic nitrogens is 2. The topological polar surface area (TPSA) is 34.4 Å². The van der Waals surface area contributed by atoms with Gasteiger partial charge in [0.05, 0.1) is 16.9 Å². The van der Waals surface area contributed by atoms with E-state index in [4.69, 9.17) is 11.6 Å². The Balaban J connectivity index is 1.73. The van der Waals surface area contributed by atoms with Gasteiger partial charge in [-0.2, -0.15) is 5.10 Å². The quantitative estimate of drug-likeness (QED) is 0.772. The molecule has 0 radical (unpaired) electrons. The number of para-hydroxylation sites is 1. The predicted molar refractivity (Wildman–Crippen MR) is 89.1 cm³/mol. The van der Waals surface area contributed by atoms with Crippen molar-refractivity contribution in [3.8, 4) is 5.69 Å². The standard InChI is InChI=1S/C18H18ClN3/c1-14-17(13-20-12-15-8-4-2-5-9-15)18(19)22(21-14)16-10-6-3-7-11-16/h2-11,20H,12-13H2,1H3/p+1. The summed E-state index contributed by atoms with van der Waals surface area (Å²) in [7, 11) is 0. The Morgan fingerprint density at radius 2 is 1.59 bits per heavy atom. The van der Waals surface area contributed by atoms with Crippen LogP contribution in [0.5, 0.6) is 0 Å². The molecule has 22 heavy (non-hydrogen) atoms. The van der Waals surface area contributed by atoms with Gasteiger partial charge in [0.15, 0.2) is 0 Å². The zero-order valence-electron chi connectivity index (χ0n) is 12.5. The molecular formula is C18H19ClN3+. The molecule has 1 heterocycles. The molecule has 0 unspecified atom stereocenters. The highest BCUT2D eigenvalue weighted by Crippen LogP contribution is 2.22. The Bertz CT molecular complexity index is 736. The number of hydrogen-bond acceptors (Lipinski definition) is 1. The molecule has 0 aliphatic carbocycles. The minimum Gasteiger partial charge on any atom is -0.339 e. The second-order valence-corrected chi connectivity index (χ2v) is 5.64. The van der Waals surface area contributed by atoms with E-state index in [0.717, 1.165) is 30.0 Å². The fourth-order valence-corrected chi connectivity index (χ4v) is 2.85. The number of halogens is 1. The number of rotatable bonds is 5. The van der Waals surface area contributed by atoms with Crippen LogP contribution in [0.15, 0.2) is 60.7 Å². The van der Waals surface area contributed by atoms with Crippen molar-refractivity contribution in [2.75, 3.05) is 0 Å². The molecule has 2 aromatic carbocycles. The average Bonchev–Trinajstić information content (AvgIpc) is 2.85. The van der Waals surface area contributed by atoms with E-state index in [1.54, 1.807) is 0 Å². The van der Waals surface area contributed by atoms with Gasteiger partial charge >= 0.3 is 0 Å². The third kappa shape index (κ3) is 3.21. The lowest BCUT2D eigenvalue weighted by atomic mass is 10.2. The normalized spacial score (nSPS) is 10.8. The highest BCUT2D eigenvalue weighted by atomic mass is 35.5. The Morgan fingerprint density at radius 1 is 0.955 bits per heavy atom.